The van der Waals surface area contributed by atoms with E-state index >= 15 is 0 Å². The van der Waals surface area contributed by atoms with Crippen molar-refractivity contribution in [2.24, 2.45) is 0 Å². The lowest BCUT2D eigenvalue weighted by Gasteiger charge is -2.37. The number of pyridine rings is 3. The second-order valence-electron chi connectivity index (χ2n) is 9.57. The monoisotopic (exact) mass is 509 g/mol. The largest absolute Gasteiger partial charge is 0.354 e. The second kappa shape index (κ2) is 10.1. The Hall–Kier alpha value is -4.44. The summed E-state index contributed by atoms with van der Waals surface area (Å²) < 4.78 is 15.2. The first-order chi connectivity index (χ1) is 18.5. The van der Waals surface area contributed by atoms with Crippen LogP contribution in [0, 0.1) is 5.95 Å². The number of piperazine rings is 1. The van der Waals surface area contributed by atoms with E-state index in [-0.39, 0.29) is 0 Å². The molecule has 0 aromatic carbocycles. The molecule has 0 radical (unpaired) electrons. The Kier molecular flexibility index (Phi) is 6.38. The van der Waals surface area contributed by atoms with Gasteiger partial charge in [-0.15, -0.1) is 0 Å². The lowest BCUT2D eigenvalue weighted by atomic mass is 10.1. The van der Waals surface area contributed by atoms with E-state index in [1.165, 1.54) is 12.3 Å². The van der Waals surface area contributed by atoms with Crippen molar-refractivity contribution >= 4 is 23.1 Å². The first-order valence-corrected chi connectivity index (χ1v) is 12.7. The normalized spacial score (nSPS) is 14.4. The van der Waals surface area contributed by atoms with Gasteiger partial charge in [0.25, 0.3) is 0 Å². The summed E-state index contributed by atoms with van der Waals surface area (Å²) in [7, 11) is 0. The Morgan fingerprint density at radius 1 is 0.816 bits per heavy atom. The van der Waals surface area contributed by atoms with Gasteiger partial charge in [0.1, 0.15) is 11.5 Å². The number of imidazole rings is 1. The zero-order valence-electron chi connectivity index (χ0n) is 21.3. The van der Waals surface area contributed by atoms with Crippen LogP contribution in [-0.2, 0) is 0 Å². The average Bonchev–Trinajstić information content (AvgIpc) is 3.38. The molecule has 1 aliphatic heterocycles. The lowest BCUT2D eigenvalue weighted by molar-refractivity contribution is 0.209. The number of hydrogen-bond acceptors (Lipinski definition) is 8. The van der Waals surface area contributed by atoms with Crippen LogP contribution in [0.1, 0.15) is 13.8 Å². The van der Waals surface area contributed by atoms with Crippen LogP contribution in [0.3, 0.4) is 0 Å². The number of halogens is 1. The predicted molar refractivity (Wildman–Crippen MR) is 146 cm³/mol. The Morgan fingerprint density at radius 2 is 1.66 bits per heavy atom. The van der Waals surface area contributed by atoms with Crippen LogP contribution in [-0.4, -0.2) is 66.4 Å². The van der Waals surface area contributed by atoms with Crippen LogP contribution in [0.25, 0.3) is 28.2 Å². The molecule has 1 N–H and O–H groups in total. The summed E-state index contributed by atoms with van der Waals surface area (Å²) in [4.78, 5) is 26.9. The van der Waals surface area contributed by atoms with Crippen molar-refractivity contribution in [1.29, 1.82) is 0 Å². The van der Waals surface area contributed by atoms with Crippen molar-refractivity contribution in [1.82, 2.24) is 34.2 Å². The molecule has 38 heavy (non-hydrogen) atoms. The van der Waals surface area contributed by atoms with Gasteiger partial charge in [-0.25, -0.2) is 24.9 Å². The van der Waals surface area contributed by atoms with Gasteiger partial charge < -0.3 is 10.2 Å². The molecule has 0 amide bonds. The van der Waals surface area contributed by atoms with Gasteiger partial charge in [0.15, 0.2) is 0 Å². The molecule has 192 valence electrons. The van der Waals surface area contributed by atoms with Crippen LogP contribution in [0.15, 0.2) is 73.4 Å². The topological polar surface area (TPSA) is 87.4 Å². The molecule has 5 aromatic rings. The van der Waals surface area contributed by atoms with Crippen LogP contribution in [0.2, 0.25) is 0 Å². The minimum absolute atomic E-state index is 0.469. The molecule has 6 heterocycles. The zero-order valence-corrected chi connectivity index (χ0v) is 21.3. The third-order valence-corrected chi connectivity index (χ3v) is 6.86. The maximum absolute atomic E-state index is 13.3. The van der Waals surface area contributed by atoms with Crippen molar-refractivity contribution < 1.29 is 4.39 Å². The molecule has 6 rings (SSSR count). The third-order valence-electron chi connectivity index (χ3n) is 6.86. The SMILES string of the molecule is CC(C)N1CCN(c2ccc(Nc3nccc(-c4cnc5ccc(-c6ccc(F)nc6)cn45)n3)cn2)CC1. The number of fused-ring (bicyclic) bond motifs is 1. The van der Waals surface area contributed by atoms with Gasteiger partial charge in [0.2, 0.25) is 11.9 Å². The van der Waals surface area contributed by atoms with Gasteiger partial charge in [-0.3, -0.25) is 9.30 Å². The van der Waals surface area contributed by atoms with Crippen LogP contribution in [0.4, 0.5) is 21.8 Å². The van der Waals surface area contributed by atoms with E-state index in [0.29, 0.717) is 12.0 Å². The molecule has 0 spiro atoms. The number of rotatable bonds is 6. The summed E-state index contributed by atoms with van der Waals surface area (Å²) >= 11 is 0. The van der Waals surface area contributed by atoms with Crippen molar-refractivity contribution in [3.8, 4) is 22.5 Å². The molecule has 1 saturated heterocycles. The Bertz CT molecular complexity index is 1540. The smallest absolute Gasteiger partial charge is 0.227 e. The summed E-state index contributed by atoms with van der Waals surface area (Å²) in [5, 5.41) is 3.26. The van der Waals surface area contributed by atoms with Crippen molar-refractivity contribution in [3.63, 3.8) is 0 Å². The standard InChI is InChI=1S/C28H28FN9/c1-19(2)36-11-13-37(14-12-36)26-8-5-22(16-32-26)34-28-30-10-9-23(35-28)24-17-33-27-7-4-21(18-38(24)27)20-3-6-25(29)31-15-20/h3-10,15-19H,11-14H2,1-2H3,(H,30,34,35). The number of anilines is 3. The molecule has 0 unspecified atom stereocenters. The molecule has 0 saturated carbocycles. The molecule has 0 atom stereocenters. The maximum Gasteiger partial charge on any atom is 0.227 e. The number of nitrogens with zero attached hydrogens (tertiary/aromatic N) is 8. The average molecular weight is 510 g/mol. The third kappa shape index (κ3) is 4.90. The highest BCUT2D eigenvalue weighted by atomic mass is 19.1. The molecule has 1 fully saturated rings. The van der Waals surface area contributed by atoms with Gasteiger partial charge in [-0.2, -0.15) is 4.39 Å². The second-order valence-corrected chi connectivity index (χ2v) is 9.57. The highest BCUT2D eigenvalue weighted by Gasteiger charge is 2.19. The highest BCUT2D eigenvalue weighted by Crippen LogP contribution is 2.25. The Balaban J connectivity index is 1.20. The van der Waals surface area contributed by atoms with Gasteiger partial charge in [0.05, 0.1) is 29.5 Å². The summed E-state index contributed by atoms with van der Waals surface area (Å²) in [6, 6.07) is 13.4. The van der Waals surface area contributed by atoms with E-state index in [2.05, 4.69) is 48.9 Å². The van der Waals surface area contributed by atoms with Gasteiger partial charge in [-0.05, 0) is 56.3 Å². The number of nitrogens with one attached hydrogen (secondary N) is 1. The fourth-order valence-corrected chi connectivity index (χ4v) is 4.69. The van der Waals surface area contributed by atoms with E-state index in [1.807, 2.05) is 47.1 Å². The number of aromatic nitrogens is 6. The molecule has 9 nitrogen and oxygen atoms in total. The van der Waals surface area contributed by atoms with E-state index < -0.39 is 5.95 Å². The summed E-state index contributed by atoms with van der Waals surface area (Å²) in [6.45, 7) is 8.52. The number of hydrogen-bond donors (Lipinski definition) is 1. The lowest BCUT2D eigenvalue weighted by Crippen LogP contribution is -2.49. The first-order valence-electron chi connectivity index (χ1n) is 12.7. The molecule has 0 aliphatic carbocycles. The minimum atomic E-state index is -0.506. The fraction of sp³-hybridized carbons (Fsp3) is 0.250. The van der Waals surface area contributed by atoms with Gasteiger partial charge in [0, 0.05) is 61.9 Å². The fourth-order valence-electron chi connectivity index (χ4n) is 4.69. The first kappa shape index (κ1) is 23.9. The maximum atomic E-state index is 13.3. The highest BCUT2D eigenvalue weighted by molar-refractivity contribution is 5.68. The minimum Gasteiger partial charge on any atom is -0.354 e. The molecule has 10 heteroatoms. The molecular formula is C28H28FN9. The van der Waals surface area contributed by atoms with Crippen LogP contribution >= 0.6 is 0 Å². The summed E-state index contributed by atoms with van der Waals surface area (Å²) in [5.41, 5.74) is 4.84. The van der Waals surface area contributed by atoms with Crippen LogP contribution in [0.5, 0.6) is 0 Å². The molecule has 5 aromatic heterocycles. The molecular weight excluding hydrogens is 481 g/mol. The van der Waals surface area contributed by atoms with Crippen molar-refractivity contribution in [3.05, 3.63) is 79.4 Å². The van der Waals surface area contributed by atoms with E-state index in [1.54, 1.807) is 18.5 Å². The van der Waals surface area contributed by atoms with Crippen molar-refractivity contribution in [2.75, 3.05) is 36.4 Å². The molecule has 0 bridgehead atoms. The predicted octanol–water partition coefficient (Wildman–Crippen LogP) is 4.66. The van der Waals surface area contributed by atoms with E-state index in [0.717, 1.165) is 65.8 Å². The summed E-state index contributed by atoms with van der Waals surface area (Å²) in [6.07, 6.45) is 8.78. The quantitative estimate of drug-likeness (QED) is 0.331. The Labute approximate surface area is 220 Å². The van der Waals surface area contributed by atoms with E-state index in [4.69, 9.17) is 4.98 Å². The van der Waals surface area contributed by atoms with Crippen molar-refractivity contribution in [2.45, 2.75) is 19.9 Å². The van der Waals surface area contributed by atoms with Gasteiger partial charge in [-0.1, -0.05) is 0 Å². The van der Waals surface area contributed by atoms with E-state index in [9.17, 15) is 4.39 Å². The van der Waals surface area contributed by atoms with Gasteiger partial charge >= 0.3 is 0 Å². The zero-order chi connectivity index (χ0) is 26.1. The van der Waals surface area contributed by atoms with Crippen LogP contribution < -0.4 is 10.2 Å². The molecule has 1 aliphatic rings. The summed E-state index contributed by atoms with van der Waals surface area (Å²) in [5.74, 6) is 0.941. The Morgan fingerprint density at radius 3 is 2.39 bits per heavy atom.